The molecule has 1 aromatic rings. The molecule has 1 heterocycles. The van der Waals surface area contributed by atoms with Gasteiger partial charge in [-0.1, -0.05) is 12.1 Å². The van der Waals surface area contributed by atoms with E-state index in [-0.39, 0.29) is 18.1 Å². The minimum absolute atomic E-state index is 0.0386. The largest absolute Gasteiger partial charge is 0.478 e. The van der Waals surface area contributed by atoms with E-state index in [0.717, 1.165) is 18.1 Å². The highest BCUT2D eigenvalue weighted by molar-refractivity contribution is 5.94. The first-order valence-electron chi connectivity index (χ1n) is 6.50. The number of carboxylic acids is 1. The van der Waals surface area contributed by atoms with Gasteiger partial charge in [0, 0.05) is 18.2 Å². The Labute approximate surface area is 117 Å². The van der Waals surface area contributed by atoms with Gasteiger partial charge in [0.1, 0.15) is 0 Å². The van der Waals surface area contributed by atoms with Crippen LogP contribution in [0.1, 0.15) is 29.3 Å². The van der Waals surface area contributed by atoms with Crippen LogP contribution < -0.4 is 5.32 Å². The Morgan fingerprint density at radius 1 is 1.35 bits per heavy atom. The van der Waals surface area contributed by atoms with Gasteiger partial charge >= 0.3 is 5.97 Å². The fourth-order valence-electron chi connectivity index (χ4n) is 2.09. The third-order valence-corrected chi connectivity index (χ3v) is 3.28. The Hall–Kier alpha value is -2.14. The molecule has 1 amide bonds. The molecule has 20 heavy (non-hydrogen) atoms. The summed E-state index contributed by atoms with van der Waals surface area (Å²) in [5.41, 5.74) is 1.29. The molecule has 2 atom stereocenters. The molecule has 1 aliphatic heterocycles. The summed E-state index contributed by atoms with van der Waals surface area (Å²) < 4.78 is 5.40. The molecule has 0 saturated carbocycles. The molecule has 5 nitrogen and oxygen atoms in total. The average molecular weight is 275 g/mol. The van der Waals surface area contributed by atoms with Crippen LogP contribution in [0, 0.1) is 0 Å². The van der Waals surface area contributed by atoms with Gasteiger partial charge in [-0.15, -0.1) is 0 Å². The lowest BCUT2D eigenvalue weighted by molar-refractivity contribution is -0.131. The summed E-state index contributed by atoms with van der Waals surface area (Å²) in [7, 11) is 0. The molecule has 2 unspecified atom stereocenters. The first-order valence-corrected chi connectivity index (χ1v) is 6.50. The predicted octanol–water partition coefficient (Wildman–Crippen LogP) is 1.69. The van der Waals surface area contributed by atoms with Gasteiger partial charge in [-0.2, -0.15) is 0 Å². The number of ether oxygens (including phenoxy) is 1. The number of carboxylic acid groups (broad SMARTS) is 1. The molecule has 1 saturated heterocycles. The quantitative estimate of drug-likeness (QED) is 0.820. The molecule has 5 heteroatoms. The highest BCUT2D eigenvalue weighted by Crippen LogP contribution is 2.14. The molecule has 2 N–H and O–H groups in total. The van der Waals surface area contributed by atoms with E-state index in [1.165, 1.54) is 6.08 Å². The fraction of sp³-hybridized carbons (Fsp3) is 0.333. The first-order chi connectivity index (χ1) is 9.56. The van der Waals surface area contributed by atoms with Gasteiger partial charge in [0.15, 0.2) is 0 Å². The van der Waals surface area contributed by atoms with Crippen molar-refractivity contribution in [3.05, 3.63) is 41.5 Å². The van der Waals surface area contributed by atoms with Crippen molar-refractivity contribution in [1.82, 2.24) is 5.32 Å². The van der Waals surface area contributed by atoms with Crippen molar-refractivity contribution in [1.29, 1.82) is 0 Å². The van der Waals surface area contributed by atoms with E-state index in [9.17, 15) is 9.59 Å². The van der Waals surface area contributed by atoms with Crippen LogP contribution in [0.5, 0.6) is 0 Å². The first kappa shape index (κ1) is 14.3. The second-order valence-corrected chi connectivity index (χ2v) is 4.74. The zero-order chi connectivity index (χ0) is 14.5. The normalized spacial score (nSPS) is 22.1. The number of benzene rings is 1. The molecule has 1 aromatic carbocycles. The highest BCUT2D eigenvalue weighted by Gasteiger charge is 2.25. The number of nitrogens with one attached hydrogen (secondary N) is 1. The maximum atomic E-state index is 12.0. The van der Waals surface area contributed by atoms with Crippen LogP contribution in [-0.2, 0) is 9.53 Å². The van der Waals surface area contributed by atoms with Crippen LogP contribution in [0.2, 0.25) is 0 Å². The lowest BCUT2D eigenvalue weighted by atomic mass is 10.1. The minimum Gasteiger partial charge on any atom is -0.478 e. The lowest BCUT2D eigenvalue weighted by Crippen LogP contribution is -2.39. The maximum Gasteiger partial charge on any atom is 0.328 e. The van der Waals surface area contributed by atoms with Gasteiger partial charge in [-0.3, -0.25) is 4.79 Å². The van der Waals surface area contributed by atoms with E-state index in [0.29, 0.717) is 12.2 Å². The summed E-state index contributed by atoms with van der Waals surface area (Å²) in [4.78, 5) is 22.5. The van der Waals surface area contributed by atoms with Crippen LogP contribution in [0.15, 0.2) is 30.3 Å². The molecule has 0 radical (unpaired) electrons. The monoisotopic (exact) mass is 275 g/mol. The standard InChI is InChI=1S/C15H17NO4/c1-10-13(8-9-20-10)16-15(19)12-5-2-11(3-6-12)4-7-14(17)18/h2-7,10,13H,8-9H2,1H3,(H,16,19)(H,17,18)/b7-4+. The van der Waals surface area contributed by atoms with E-state index < -0.39 is 5.97 Å². The van der Waals surface area contributed by atoms with E-state index >= 15 is 0 Å². The maximum absolute atomic E-state index is 12.0. The van der Waals surface area contributed by atoms with Crippen molar-refractivity contribution in [3.63, 3.8) is 0 Å². The highest BCUT2D eigenvalue weighted by atomic mass is 16.5. The summed E-state index contributed by atoms with van der Waals surface area (Å²) >= 11 is 0. The molecule has 0 aromatic heterocycles. The van der Waals surface area contributed by atoms with Crippen LogP contribution in [0.3, 0.4) is 0 Å². The molecular formula is C15H17NO4. The van der Waals surface area contributed by atoms with Crippen molar-refractivity contribution < 1.29 is 19.4 Å². The van der Waals surface area contributed by atoms with Gasteiger partial charge in [0.25, 0.3) is 5.91 Å². The number of rotatable bonds is 4. The summed E-state index contributed by atoms with van der Waals surface area (Å²) in [5, 5.41) is 11.5. The van der Waals surface area contributed by atoms with Crippen LogP contribution >= 0.6 is 0 Å². The van der Waals surface area contributed by atoms with Gasteiger partial charge in [-0.25, -0.2) is 4.79 Å². The Kier molecular flexibility index (Phi) is 4.53. The molecule has 0 bridgehead atoms. The van der Waals surface area contributed by atoms with Crippen molar-refractivity contribution >= 4 is 18.0 Å². The second-order valence-electron chi connectivity index (χ2n) is 4.74. The van der Waals surface area contributed by atoms with Crippen LogP contribution in [-0.4, -0.2) is 35.7 Å². The summed E-state index contributed by atoms with van der Waals surface area (Å²) in [6.45, 7) is 2.61. The van der Waals surface area contributed by atoms with Gasteiger partial charge in [0.2, 0.25) is 0 Å². The van der Waals surface area contributed by atoms with Crippen molar-refractivity contribution in [2.45, 2.75) is 25.5 Å². The van der Waals surface area contributed by atoms with Gasteiger partial charge in [-0.05, 0) is 37.1 Å². The van der Waals surface area contributed by atoms with Crippen molar-refractivity contribution in [2.24, 2.45) is 0 Å². The molecule has 0 aliphatic carbocycles. The van der Waals surface area contributed by atoms with Crippen molar-refractivity contribution in [3.8, 4) is 0 Å². The second kappa shape index (κ2) is 6.34. The number of hydrogen-bond donors (Lipinski definition) is 2. The Balaban J connectivity index is 1.98. The predicted molar refractivity (Wildman–Crippen MR) is 74.4 cm³/mol. The van der Waals surface area contributed by atoms with E-state index in [1.807, 2.05) is 6.92 Å². The van der Waals surface area contributed by atoms with Gasteiger partial charge < -0.3 is 15.2 Å². The SMILES string of the molecule is CC1OCCC1NC(=O)c1ccc(/C=C/C(=O)O)cc1. The van der Waals surface area contributed by atoms with Crippen molar-refractivity contribution in [2.75, 3.05) is 6.61 Å². The number of carbonyl (C=O) groups excluding carboxylic acids is 1. The summed E-state index contributed by atoms with van der Waals surface area (Å²) in [6.07, 6.45) is 3.41. The smallest absolute Gasteiger partial charge is 0.328 e. The zero-order valence-electron chi connectivity index (χ0n) is 11.2. The summed E-state index contributed by atoms with van der Waals surface area (Å²) in [5.74, 6) is -1.14. The van der Waals surface area contributed by atoms with Gasteiger partial charge in [0.05, 0.1) is 12.1 Å². The zero-order valence-corrected chi connectivity index (χ0v) is 11.2. The third-order valence-electron chi connectivity index (χ3n) is 3.28. The molecule has 1 fully saturated rings. The van der Waals surface area contributed by atoms with Crippen LogP contribution in [0.4, 0.5) is 0 Å². The van der Waals surface area contributed by atoms with E-state index in [4.69, 9.17) is 9.84 Å². The number of aliphatic carboxylic acids is 1. The molecule has 1 aliphatic rings. The molecule has 2 rings (SSSR count). The average Bonchev–Trinajstić information content (AvgIpc) is 2.82. The minimum atomic E-state index is -0.998. The molecular weight excluding hydrogens is 258 g/mol. The molecule has 106 valence electrons. The Morgan fingerprint density at radius 2 is 2.05 bits per heavy atom. The number of amides is 1. The van der Waals surface area contributed by atoms with E-state index in [1.54, 1.807) is 24.3 Å². The lowest BCUT2D eigenvalue weighted by Gasteiger charge is -2.15. The Bertz CT molecular complexity index is 521. The number of hydrogen-bond acceptors (Lipinski definition) is 3. The molecule has 0 spiro atoms. The number of carbonyl (C=O) groups is 2. The fourth-order valence-corrected chi connectivity index (χ4v) is 2.09. The van der Waals surface area contributed by atoms with Crippen LogP contribution in [0.25, 0.3) is 6.08 Å². The summed E-state index contributed by atoms with van der Waals surface area (Å²) in [6, 6.07) is 6.83. The topological polar surface area (TPSA) is 75.6 Å². The van der Waals surface area contributed by atoms with E-state index in [2.05, 4.69) is 5.32 Å². The Morgan fingerprint density at radius 3 is 2.60 bits per heavy atom. The third kappa shape index (κ3) is 3.68.